The van der Waals surface area contributed by atoms with Gasteiger partial charge in [0.25, 0.3) is 5.91 Å². The number of aromatic nitrogens is 2. The van der Waals surface area contributed by atoms with E-state index in [0.29, 0.717) is 22.3 Å². The van der Waals surface area contributed by atoms with E-state index in [1.165, 1.54) is 24.5 Å². The highest BCUT2D eigenvalue weighted by Crippen LogP contribution is 2.27. The van der Waals surface area contributed by atoms with Crippen LogP contribution in [0.3, 0.4) is 0 Å². The summed E-state index contributed by atoms with van der Waals surface area (Å²) in [7, 11) is 0. The van der Waals surface area contributed by atoms with Gasteiger partial charge in [0.15, 0.2) is 5.82 Å². The average Bonchev–Trinajstić information content (AvgIpc) is 3.23. The Morgan fingerprint density at radius 2 is 2.24 bits per heavy atom. The van der Waals surface area contributed by atoms with E-state index < -0.39 is 12.5 Å². The third kappa shape index (κ3) is 4.31. The number of amides is 1. The van der Waals surface area contributed by atoms with Gasteiger partial charge >= 0.3 is 6.61 Å². The smallest absolute Gasteiger partial charge is 0.387 e. The van der Waals surface area contributed by atoms with Crippen molar-refractivity contribution < 1.29 is 22.7 Å². The van der Waals surface area contributed by atoms with Crippen molar-refractivity contribution in [2.24, 2.45) is 0 Å². The summed E-state index contributed by atoms with van der Waals surface area (Å²) in [6.45, 7) is -2.92. The van der Waals surface area contributed by atoms with Crippen molar-refractivity contribution in [2.45, 2.75) is 12.5 Å². The summed E-state index contributed by atoms with van der Waals surface area (Å²) in [5.41, 5.74) is 0.746. The molecule has 0 aliphatic carbocycles. The molecule has 1 N–H and O–H groups in total. The molecule has 0 radical (unpaired) electrons. The molecule has 2 aromatic heterocycles. The number of halogens is 3. The highest BCUT2D eigenvalue weighted by molar-refractivity contribution is 7.09. The molecule has 0 aliphatic heterocycles. The number of hydrogen-bond donors (Lipinski definition) is 1. The number of benzene rings is 1. The Morgan fingerprint density at radius 3 is 2.96 bits per heavy atom. The zero-order chi connectivity index (χ0) is 17.8. The number of carbonyl (C=O) groups excluding carboxylic acids is 1. The molecule has 0 fully saturated rings. The van der Waals surface area contributed by atoms with Crippen LogP contribution in [0.25, 0.3) is 11.3 Å². The van der Waals surface area contributed by atoms with Gasteiger partial charge in [0.05, 0.1) is 11.4 Å². The monoisotopic (exact) mass is 385 g/mol. The van der Waals surface area contributed by atoms with Crippen LogP contribution >= 0.6 is 23.1 Å². The summed E-state index contributed by atoms with van der Waals surface area (Å²) in [4.78, 5) is 16.2. The highest BCUT2D eigenvalue weighted by Gasteiger charge is 2.14. The molecule has 1 amide bonds. The molecule has 25 heavy (non-hydrogen) atoms. The number of ether oxygens (including phenoxy) is 1. The van der Waals surface area contributed by atoms with Gasteiger partial charge in [0, 0.05) is 17.1 Å². The van der Waals surface area contributed by atoms with Gasteiger partial charge in [-0.2, -0.15) is 13.2 Å². The molecular weight excluding hydrogens is 376 g/mol. The molecule has 3 rings (SSSR count). The van der Waals surface area contributed by atoms with Crippen LogP contribution in [0.5, 0.6) is 5.75 Å². The predicted molar refractivity (Wildman–Crippen MR) is 88.2 cm³/mol. The maximum absolute atomic E-state index is 12.3. The number of anilines is 1. The van der Waals surface area contributed by atoms with Crippen molar-refractivity contribution in [1.29, 1.82) is 0 Å². The molecule has 0 bridgehead atoms. The third-order valence-electron chi connectivity index (χ3n) is 3.01. The van der Waals surface area contributed by atoms with Crippen molar-refractivity contribution in [1.82, 2.24) is 9.36 Å². The topological polar surface area (TPSA) is 77.3 Å². The second-order valence-corrected chi connectivity index (χ2v) is 5.73. The lowest BCUT2D eigenvalue weighted by molar-refractivity contribution is -0.0498. The van der Waals surface area contributed by atoms with Gasteiger partial charge in [-0.05, 0) is 18.2 Å². The lowest BCUT2D eigenvalue weighted by Crippen LogP contribution is -2.10. The molecule has 0 aliphatic rings. The van der Waals surface area contributed by atoms with E-state index in [1.807, 2.05) is 0 Å². The minimum atomic E-state index is -2.92. The van der Waals surface area contributed by atoms with Gasteiger partial charge < -0.3 is 9.15 Å². The Kier molecular flexibility index (Phi) is 5.25. The van der Waals surface area contributed by atoms with Gasteiger partial charge in [-0.3, -0.25) is 10.1 Å². The molecule has 10 heteroatoms. The number of carbonyl (C=O) groups is 1. The lowest BCUT2D eigenvalue weighted by atomic mass is 10.1. The number of nitrogens with one attached hydrogen (secondary N) is 1. The van der Waals surface area contributed by atoms with Gasteiger partial charge in [0.1, 0.15) is 17.8 Å². The van der Waals surface area contributed by atoms with Crippen molar-refractivity contribution in [2.75, 3.05) is 5.32 Å². The minimum absolute atomic E-state index is 0.00244. The summed E-state index contributed by atoms with van der Waals surface area (Å²) in [5, 5.41) is 2.89. The normalized spacial score (nSPS) is 10.9. The molecule has 0 saturated carbocycles. The molecular formula is C15H10ClF2N3O3S. The quantitative estimate of drug-likeness (QED) is 0.637. The summed E-state index contributed by atoms with van der Waals surface area (Å²) >= 11 is 6.62. The number of furan rings is 1. The van der Waals surface area contributed by atoms with Crippen molar-refractivity contribution in [3.63, 3.8) is 0 Å². The minimum Gasteiger partial charge on any atom is -0.464 e. The molecule has 0 unspecified atom stereocenters. The van der Waals surface area contributed by atoms with E-state index in [0.717, 1.165) is 11.5 Å². The number of rotatable bonds is 6. The van der Waals surface area contributed by atoms with Crippen LogP contribution in [0.2, 0.25) is 0 Å². The van der Waals surface area contributed by atoms with Crippen LogP contribution in [-0.4, -0.2) is 21.9 Å². The van der Waals surface area contributed by atoms with Crippen LogP contribution in [0.4, 0.5) is 13.9 Å². The Labute approximate surface area is 149 Å². The Hall–Kier alpha value is -2.52. The standard InChI is InChI=1S/C15H10ClF2N3O3S/c16-6-12-19-15(25-21-12)20-13(22)9-5-11(23-7-9)8-2-1-3-10(4-8)24-14(17)18/h1-5,7,14H,6H2,(H,19,20,21,22). The van der Waals surface area contributed by atoms with E-state index in [4.69, 9.17) is 16.0 Å². The fraction of sp³-hybridized carbons (Fsp3) is 0.133. The van der Waals surface area contributed by atoms with E-state index in [1.54, 1.807) is 12.1 Å². The van der Waals surface area contributed by atoms with E-state index in [9.17, 15) is 13.6 Å². The summed E-state index contributed by atoms with van der Waals surface area (Å²) in [6.07, 6.45) is 1.26. The average molecular weight is 386 g/mol. The second kappa shape index (κ2) is 7.58. The molecule has 130 valence electrons. The first-order valence-electron chi connectivity index (χ1n) is 6.89. The third-order valence-corrected chi connectivity index (χ3v) is 3.92. The van der Waals surface area contributed by atoms with E-state index >= 15 is 0 Å². The van der Waals surface area contributed by atoms with Gasteiger partial charge in [-0.25, -0.2) is 4.98 Å². The molecule has 2 heterocycles. The number of nitrogens with zero attached hydrogens (tertiary/aromatic N) is 2. The first-order chi connectivity index (χ1) is 12.0. The van der Waals surface area contributed by atoms with Crippen LogP contribution < -0.4 is 10.1 Å². The number of alkyl halides is 3. The largest absolute Gasteiger partial charge is 0.464 e. The van der Waals surface area contributed by atoms with Crippen molar-refractivity contribution in [3.8, 4) is 17.1 Å². The number of hydrogen-bond acceptors (Lipinski definition) is 6. The second-order valence-electron chi connectivity index (χ2n) is 4.71. The fourth-order valence-electron chi connectivity index (χ4n) is 1.96. The molecule has 0 spiro atoms. The van der Waals surface area contributed by atoms with Crippen LogP contribution in [0.15, 0.2) is 41.0 Å². The fourth-order valence-corrected chi connectivity index (χ4v) is 2.73. The first-order valence-corrected chi connectivity index (χ1v) is 8.19. The Balaban J connectivity index is 1.74. The van der Waals surface area contributed by atoms with Gasteiger partial charge in [-0.15, -0.1) is 11.6 Å². The maximum Gasteiger partial charge on any atom is 0.387 e. The van der Waals surface area contributed by atoms with E-state index in [-0.39, 0.29) is 17.2 Å². The molecule has 1 aromatic carbocycles. The maximum atomic E-state index is 12.3. The summed E-state index contributed by atoms with van der Waals surface area (Å²) in [6, 6.07) is 7.47. The predicted octanol–water partition coefficient (Wildman–Crippen LogP) is 4.39. The lowest BCUT2D eigenvalue weighted by Gasteiger charge is -2.05. The zero-order valence-corrected chi connectivity index (χ0v) is 14.0. The SMILES string of the molecule is O=C(Nc1nc(CCl)ns1)c1coc(-c2cccc(OC(F)F)c2)c1. The van der Waals surface area contributed by atoms with Crippen LogP contribution in [0, 0.1) is 0 Å². The van der Waals surface area contributed by atoms with Gasteiger partial charge in [0.2, 0.25) is 5.13 Å². The zero-order valence-electron chi connectivity index (χ0n) is 12.4. The van der Waals surface area contributed by atoms with Crippen LogP contribution in [-0.2, 0) is 5.88 Å². The van der Waals surface area contributed by atoms with Gasteiger partial charge in [-0.1, -0.05) is 12.1 Å². The summed E-state index contributed by atoms with van der Waals surface area (Å²) in [5.74, 6) is 0.470. The molecule has 0 atom stereocenters. The van der Waals surface area contributed by atoms with Crippen molar-refractivity contribution >= 4 is 34.2 Å². The molecule has 0 saturated heterocycles. The van der Waals surface area contributed by atoms with Crippen molar-refractivity contribution in [3.05, 3.63) is 48.0 Å². The molecule has 3 aromatic rings. The van der Waals surface area contributed by atoms with E-state index in [2.05, 4.69) is 19.4 Å². The first kappa shape index (κ1) is 17.3. The Bertz CT molecular complexity index is 884. The summed E-state index contributed by atoms with van der Waals surface area (Å²) < 4.78 is 38.2. The Morgan fingerprint density at radius 1 is 1.40 bits per heavy atom. The molecule has 6 nitrogen and oxygen atoms in total. The highest BCUT2D eigenvalue weighted by atomic mass is 35.5. The van der Waals surface area contributed by atoms with Crippen LogP contribution in [0.1, 0.15) is 16.2 Å².